The zero-order chi connectivity index (χ0) is 14.1. The minimum atomic E-state index is -0.612. The molecule has 0 bridgehead atoms. The summed E-state index contributed by atoms with van der Waals surface area (Å²) in [6.45, 7) is 0.165. The smallest absolute Gasteiger partial charge is 0.234 e. The number of thiophene rings is 1. The SMILES string of the molecule is O=C1CSC(c2ccsc2)N1Cc1ccc(F)cc1F. The van der Waals surface area contributed by atoms with Gasteiger partial charge in [0.15, 0.2) is 0 Å². The number of thioether (sulfide) groups is 1. The molecule has 1 aromatic carbocycles. The van der Waals surface area contributed by atoms with Gasteiger partial charge in [-0.2, -0.15) is 11.3 Å². The van der Waals surface area contributed by atoms with E-state index >= 15 is 0 Å². The number of carbonyl (C=O) groups excluding carboxylic acids is 1. The van der Waals surface area contributed by atoms with Gasteiger partial charge in [-0.15, -0.1) is 11.8 Å². The van der Waals surface area contributed by atoms with Gasteiger partial charge in [-0.25, -0.2) is 8.78 Å². The molecule has 20 heavy (non-hydrogen) atoms. The Morgan fingerprint density at radius 3 is 2.85 bits per heavy atom. The third kappa shape index (κ3) is 2.58. The largest absolute Gasteiger partial charge is 0.321 e. The van der Waals surface area contributed by atoms with Gasteiger partial charge >= 0.3 is 0 Å². The van der Waals surface area contributed by atoms with Crippen LogP contribution in [0.4, 0.5) is 8.78 Å². The zero-order valence-electron chi connectivity index (χ0n) is 10.4. The van der Waals surface area contributed by atoms with Crippen molar-refractivity contribution < 1.29 is 13.6 Å². The van der Waals surface area contributed by atoms with Gasteiger partial charge < -0.3 is 4.90 Å². The summed E-state index contributed by atoms with van der Waals surface area (Å²) in [4.78, 5) is 13.6. The van der Waals surface area contributed by atoms with Crippen LogP contribution in [0.1, 0.15) is 16.5 Å². The highest BCUT2D eigenvalue weighted by molar-refractivity contribution is 8.00. The lowest BCUT2D eigenvalue weighted by Crippen LogP contribution is -2.27. The van der Waals surface area contributed by atoms with E-state index in [1.54, 1.807) is 16.2 Å². The third-order valence-corrected chi connectivity index (χ3v) is 5.11. The predicted octanol–water partition coefficient (Wildman–Crippen LogP) is 3.80. The van der Waals surface area contributed by atoms with E-state index in [9.17, 15) is 13.6 Å². The van der Waals surface area contributed by atoms with Crippen LogP contribution >= 0.6 is 23.1 Å². The summed E-state index contributed by atoms with van der Waals surface area (Å²) in [5.41, 5.74) is 1.39. The molecule has 3 rings (SSSR count). The first-order chi connectivity index (χ1) is 9.65. The summed E-state index contributed by atoms with van der Waals surface area (Å²) in [5, 5.41) is 3.86. The molecule has 2 aromatic rings. The standard InChI is InChI=1S/C14H11F2NOS2/c15-11-2-1-9(12(16)5-11)6-17-13(18)8-20-14(17)10-3-4-19-7-10/h1-5,7,14H,6,8H2. The van der Waals surface area contributed by atoms with E-state index in [2.05, 4.69) is 0 Å². The Hall–Kier alpha value is -1.40. The number of halogens is 2. The van der Waals surface area contributed by atoms with Crippen molar-refractivity contribution in [3.63, 3.8) is 0 Å². The summed E-state index contributed by atoms with van der Waals surface area (Å²) in [7, 11) is 0. The number of amides is 1. The van der Waals surface area contributed by atoms with E-state index in [4.69, 9.17) is 0 Å². The summed E-state index contributed by atoms with van der Waals surface area (Å²) < 4.78 is 26.6. The van der Waals surface area contributed by atoms with E-state index in [-0.39, 0.29) is 17.8 Å². The molecule has 0 radical (unpaired) electrons. The van der Waals surface area contributed by atoms with Crippen molar-refractivity contribution in [3.05, 3.63) is 57.8 Å². The van der Waals surface area contributed by atoms with Crippen LogP contribution in [0.3, 0.4) is 0 Å². The fourth-order valence-corrected chi connectivity index (χ4v) is 4.09. The van der Waals surface area contributed by atoms with Gasteiger partial charge in [0, 0.05) is 18.2 Å². The Morgan fingerprint density at radius 2 is 2.15 bits per heavy atom. The molecule has 1 aromatic heterocycles. The molecule has 0 spiro atoms. The van der Waals surface area contributed by atoms with E-state index in [1.807, 2.05) is 16.8 Å². The molecule has 1 saturated heterocycles. The first-order valence-electron chi connectivity index (χ1n) is 6.02. The average Bonchev–Trinajstić information content (AvgIpc) is 3.03. The highest BCUT2D eigenvalue weighted by atomic mass is 32.2. The van der Waals surface area contributed by atoms with Crippen LogP contribution in [0.15, 0.2) is 35.0 Å². The number of rotatable bonds is 3. The molecule has 1 fully saturated rings. The van der Waals surface area contributed by atoms with Crippen molar-refractivity contribution in [1.82, 2.24) is 4.90 Å². The zero-order valence-corrected chi connectivity index (χ0v) is 12.0. The van der Waals surface area contributed by atoms with Gasteiger partial charge in [0.25, 0.3) is 0 Å². The molecular formula is C14H11F2NOS2. The topological polar surface area (TPSA) is 20.3 Å². The molecule has 2 nitrogen and oxygen atoms in total. The molecular weight excluding hydrogens is 300 g/mol. The van der Waals surface area contributed by atoms with Gasteiger partial charge in [0.05, 0.1) is 5.75 Å². The molecule has 2 heterocycles. The number of hydrogen-bond donors (Lipinski definition) is 0. The predicted molar refractivity (Wildman–Crippen MR) is 76.4 cm³/mol. The number of nitrogens with zero attached hydrogens (tertiary/aromatic N) is 1. The monoisotopic (exact) mass is 311 g/mol. The van der Waals surface area contributed by atoms with Gasteiger partial charge in [0.1, 0.15) is 17.0 Å². The van der Waals surface area contributed by atoms with E-state index in [0.29, 0.717) is 11.3 Å². The summed E-state index contributed by atoms with van der Waals surface area (Å²) in [6, 6.07) is 5.43. The number of carbonyl (C=O) groups is 1. The molecule has 0 aliphatic carbocycles. The highest BCUT2D eigenvalue weighted by Gasteiger charge is 2.33. The van der Waals surface area contributed by atoms with E-state index in [1.165, 1.54) is 23.9 Å². The second-order valence-corrected chi connectivity index (χ2v) is 6.33. The second-order valence-electron chi connectivity index (χ2n) is 4.48. The van der Waals surface area contributed by atoms with Crippen molar-refractivity contribution in [3.8, 4) is 0 Å². The van der Waals surface area contributed by atoms with Crippen LogP contribution in [0.25, 0.3) is 0 Å². The van der Waals surface area contributed by atoms with Crippen LogP contribution in [-0.2, 0) is 11.3 Å². The van der Waals surface area contributed by atoms with Crippen LogP contribution in [0, 0.1) is 11.6 Å². The maximum Gasteiger partial charge on any atom is 0.234 e. The number of benzene rings is 1. The molecule has 104 valence electrons. The Morgan fingerprint density at radius 1 is 1.30 bits per heavy atom. The molecule has 1 amide bonds. The Labute approximate surface area is 123 Å². The molecule has 1 unspecified atom stereocenters. The molecule has 0 saturated carbocycles. The minimum Gasteiger partial charge on any atom is -0.321 e. The van der Waals surface area contributed by atoms with Gasteiger partial charge in [0.2, 0.25) is 5.91 Å². The molecule has 1 aliphatic heterocycles. The third-order valence-electron chi connectivity index (χ3n) is 3.15. The average molecular weight is 311 g/mol. The van der Waals surface area contributed by atoms with Gasteiger partial charge in [-0.05, 0) is 28.5 Å². The van der Waals surface area contributed by atoms with Gasteiger partial charge in [-0.1, -0.05) is 6.07 Å². The van der Waals surface area contributed by atoms with Crippen LogP contribution < -0.4 is 0 Å². The fraction of sp³-hybridized carbons (Fsp3) is 0.214. The number of hydrogen-bond acceptors (Lipinski definition) is 3. The second kappa shape index (κ2) is 5.54. The molecule has 1 aliphatic rings. The summed E-state index contributed by atoms with van der Waals surface area (Å²) >= 11 is 3.10. The highest BCUT2D eigenvalue weighted by Crippen LogP contribution is 2.40. The summed E-state index contributed by atoms with van der Waals surface area (Å²) in [5.74, 6) is -0.847. The minimum absolute atomic E-state index is 0.0186. The molecule has 6 heteroatoms. The lowest BCUT2D eigenvalue weighted by molar-refractivity contribution is -0.128. The van der Waals surface area contributed by atoms with E-state index in [0.717, 1.165) is 11.6 Å². The van der Waals surface area contributed by atoms with Gasteiger partial charge in [-0.3, -0.25) is 4.79 Å². The van der Waals surface area contributed by atoms with Crippen LogP contribution in [-0.4, -0.2) is 16.6 Å². The maximum absolute atomic E-state index is 13.7. The lowest BCUT2D eigenvalue weighted by atomic mass is 10.2. The van der Waals surface area contributed by atoms with Crippen molar-refractivity contribution in [2.75, 3.05) is 5.75 Å². The fourth-order valence-electron chi connectivity index (χ4n) is 2.15. The summed E-state index contributed by atoms with van der Waals surface area (Å²) in [6.07, 6.45) is 0. The first-order valence-corrected chi connectivity index (χ1v) is 8.01. The lowest BCUT2D eigenvalue weighted by Gasteiger charge is -2.23. The van der Waals surface area contributed by atoms with Crippen LogP contribution in [0.2, 0.25) is 0 Å². The van der Waals surface area contributed by atoms with Crippen LogP contribution in [0.5, 0.6) is 0 Å². The molecule has 1 atom stereocenters. The normalized spacial score (nSPS) is 18.8. The van der Waals surface area contributed by atoms with E-state index < -0.39 is 11.6 Å². The first kappa shape index (κ1) is 13.6. The van der Waals surface area contributed by atoms with Crippen molar-refractivity contribution in [2.45, 2.75) is 11.9 Å². The van der Waals surface area contributed by atoms with Crippen molar-refractivity contribution in [1.29, 1.82) is 0 Å². The maximum atomic E-state index is 13.7. The quantitative estimate of drug-likeness (QED) is 0.859. The Balaban J connectivity index is 1.85. The van der Waals surface area contributed by atoms with Crippen molar-refractivity contribution >= 4 is 29.0 Å². The van der Waals surface area contributed by atoms with Crippen molar-refractivity contribution in [2.24, 2.45) is 0 Å². The Kier molecular flexibility index (Phi) is 3.76. The Bertz CT molecular complexity index is 630. The molecule has 0 N–H and O–H groups in total.